The third-order valence-corrected chi connectivity index (χ3v) is 5.12. The van der Waals surface area contributed by atoms with Gasteiger partial charge in [-0.2, -0.15) is 0 Å². The molecule has 4 nitrogen and oxygen atoms in total. The SMILES string of the molecule is CCC1(C(=O)O)CCN(CC2CCOc3ccccc32)C1. The lowest BCUT2D eigenvalue weighted by atomic mass is 9.84. The number of likely N-dealkylation sites (tertiary alicyclic amines) is 1. The lowest BCUT2D eigenvalue weighted by Crippen LogP contribution is -2.36. The molecule has 1 N–H and O–H groups in total. The summed E-state index contributed by atoms with van der Waals surface area (Å²) in [5, 5.41) is 9.50. The molecule has 0 saturated carbocycles. The van der Waals surface area contributed by atoms with Crippen molar-refractivity contribution in [2.75, 3.05) is 26.2 Å². The van der Waals surface area contributed by atoms with E-state index in [-0.39, 0.29) is 0 Å². The van der Waals surface area contributed by atoms with E-state index in [0.29, 0.717) is 18.9 Å². The molecule has 0 radical (unpaired) electrons. The maximum Gasteiger partial charge on any atom is 0.310 e. The number of hydrogen-bond acceptors (Lipinski definition) is 3. The Bertz CT molecular complexity index is 531. The Labute approximate surface area is 125 Å². The number of aliphatic carboxylic acids is 1. The molecule has 2 heterocycles. The molecule has 2 aliphatic heterocycles. The molecule has 2 aliphatic rings. The van der Waals surface area contributed by atoms with Crippen molar-refractivity contribution in [1.29, 1.82) is 0 Å². The van der Waals surface area contributed by atoms with Gasteiger partial charge < -0.3 is 14.7 Å². The minimum Gasteiger partial charge on any atom is -0.493 e. The second kappa shape index (κ2) is 5.68. The Morgan fingerprint density at radius 3 is 3.00 bits per heavy atom. The molecule has 3 rings (SSSR count). The largest absolute Gasteiger partial charge is 0.493 e. The molecular weight excluding hydrogens is 266 g/mol. The molecule has 0 aromatic heterocycles. The van der Waals surface area contributed by atoms with Crippen molar-refractivity contribution in [1.82, 2.24) is 4.90 Å². The van der Waals surface area contributed by atoms with Crippen molar-refractivity contribution in [3.63, 3.8) is 0 Å². The third-order valence-electron chi connectivity index (χ3n) is 5.12. The Balaban J connectivity index is 1.70. The van der Waals surface area contributed by atoms with E-state index < -0.39 is 11.4 Å². The Hall–Kier alpha value is -1.55. The van der Waals surface area contributed by atoms with Gasteiger partial charge in [-0.15, -0.1) is 0 Å². The van der Waals surface area contributed by atoms with E-state index in [0.717, 1.165) is 38.3 Å². The van der Waals surface area contributed by atoms with Crippen LogP contribution in [0.4, 0.5) is 0 Å². The predicted octanol–water partition coefficient (Wildman–Crippen LogP) is 2.74. The van der Waals surface area contributed by atoms with Crippen LogP contribution in [-0.2, 0) is 4.79 Å². The lowest BCUT2D eigenvalue weighted by molar-refractivity contribution is -0.148. The molecule has 2 unspecified atom stereocenters. The molecule has 1 aromatic rings. The first kappa shape index (κ1) is 14.4. The second-order valence-electron chi connectivity index (χ2n) is 6.30. The fourth-order valence-corrected chi connectivity index (χ4v) is 3.65. The Morgan fingerprint density at radius 2 is 2.29 bits per heavy atom. The predicted molar refractivity (Wildman–Crippen MR) is 80.7 cm³/mol. The zero-order valence-electron chi connectivity index (χ0n) is 12.5. The van der Waals surface area contributed by atoms with Gasteiger partial charge in [0.1, 0.15) is 5.75 Å². The highest BCUT2D eigenvalue weighted by Gasteiger charge is 2.43. The summed E-state index contributed by atoms with van der Waals surface area (Å²) < 4.78 is 5.71. The molecule has 1 saturated heterocycles. The number of nitrogens with zero attached hydrogens (tertiary/aromatic N) is 1. The van der Waals surface area contributed by atoms with Crippen molar-refractivity contribution in [2.24, 2.45) is 5.41 Å². The van der Waals surface area contributed by atoms with Gasteiger partial charge in [0.15, 0.2) is 0 Å². The summed E-state index contributed by atoms with van der Waals surface area (Å²) >= 11 is 0. The van der Waals surface area contributed by atoms with E-state index in [1.165, 1.54) is 5.56 Å². The van der Waals surface area contributed by atoms with E-state index in [1.54, 1.807) is 0 Å². The highest BCUT2D eigenvalue weighted by Crippen LogP contribution is 2.38. The average Bonchev–Trinajstić information content (AvgIpc) is 2.92. The molecule has 2 atom stereocenters. The molecule has 1 fully saturated rings. The van der Waals surface area contributed by atoms with Crippen LogP contribution in [0, 0.1) is 5.41 Å². The Morgan fingerprint density at radius 1 is 1.48 bits per heavy atom. The van der Waals surface area contributed by atoms with Gasteiger partial charge in [0.05, 0.1) is 12.0 Å². The molecule has 0 spiro atoms. The zero-order chi connectivity index (χ0) is 14.9. The molecular formula is C17H23NO3. The van der Waals surface area contributed by atoms with Crippen molar-refractivity contribution < 1.29 is 14.6 Å². The van der Waals surface area contributed by atoms with Crippen molar-refractivity contribution in [3.8, 4) is 5.75 Å². The molecule has 21 heavy (non-hydrogen) atoms. The third kappa shape index (κ3) is 2.64. The van der Waals surface area contributed by atoms with E-state index in [4.69, 9.17) is 4.74 Å². The monoisotopic (exact) mass is 289 g/mol. The highest BCUT2D eigenvalue weighted by molar-refractivity contribution is 5.75. The maximum atomic E-state index is 11.5. The van der Waals surface area contributed by atoms with Gasteiger partial charge in [-0.1, -0.05) is 25.1 Å². The fraction of sp³-hybridized carbons (Fsp3) is 0.588. The summed E-state index contributed by atoms with van der Waals surface area (Å²) in [6, 6.07) is 8.22. The van der Waals surface area contributed by atoms with E-state index >= 15 is 0 Å². The number of carboxylic acid groups (broad SMARTS) is 1. The smallest absolute Gasteiger partial charge is 0.310 e. The van der Waals surface area contributed by atoms with Crippen LogP contribution in [0.5, 0.6) is 5.75 Å². The quantitative estimate of drug-likeness (QED) is 0.926. The van der Waals surface area contributed by atoms with Crippen LogP contribution in [-0.4, -0.2) is 42.2 Å². The zero-order valence-corrected chi connectivity index (χ0v) is 12.5. The summed E-state index contributed by atoms with van der Waals surface area (Å²) in [5.41, 5.74) is 0.734. The van der Waals surface area contributed by atoms with Gasteiger partial charge in [-0.05, 0) is 37.4 Å². The number of carboxylic acids is 1. The first-order chi connectivity index (χ1) is 10.1. The van der Waals surface area contributed by atoms with Crippen molar-refractivity contribution in [3.05, 3.63) is 29.8 Å². The highest BCUT2D eigenvalue weighted by atomic mass is 16.5. The normalized spacial score (nSPS) is 28.9. The summed E-state index contributed by atoms with van der Waals surface area (Å²) in [7, 11) is 0. The second-order valence-corrected chi connectivity index (χ2v) is 6.30. The molecule has 0 amide bonds. The number of ether oxygens (including phenoxy) is 1. The molecule has 0 bridgehead atoms. The van der Waals surface area contributed by atoms with Crippen LogP contribution >= 0.6 is 0 Å². The average molecular weight is 289 g/mol. The minimum absolute atomic E-state index is 0.455. The van der Waals surface area contributed by atoms with E-state index in [2.05, 4.69) is 17.0 Å². The topological polar surface area (TPSA) is 49.8 Å². The molecule has 1 aromatic carbocycles. The van der Waals surface area contributed by atoms with E-state index in [1.807, 2.05) is 19.1 Å². The number of carbonyl (C=O) groups is 1. The van der Waals surface area contributed by atoms with Crippen LogP contribution in [0.25, 0.3) is 0 Å². The summed E-state index contributed by atoms with van der Waals surface area (Å²) in [4.78, 5) is 13.9. The summed E-state index contributed by atoms with van der Waals surface area (Å²) in [6.45, 7) is 5.25. The maximum absolute atomic E-state index is 11.5. The van der Waals surface area contributed by atoms with Crippen molar-refractivity contribution in [2.45, 2.75) is 32.1 Å². The Kier molecular flexibility index (Phi) is 3.89. The van der Waals surface area contributed by atoms with E-state index in [9.17, 15) is 9.90 Å². The first-order valence-electron chi connectivity index (χ1n) is 7.82. The molecule has 0 aliphatic carbocycles. The fourth-order valence-electron chi connectivity index (χ4n) is 3.65. The van der Waals surface area contributed by atoms with Crippen LogP contribution in [0.1, 0.15) is 37.7 Å². The van der Waals surface area contributed by atoms with Crippen LogP contribution < -0.4 is 4.74 Å². The van der Waals surface area contributed by atoms with Crippen LogP contribution in [0.3, 0.4) is 0 Å². The van der Waals surface area contributed by atoms with Crippen LogP contribution in [0.2, 0.25) is 0 Å². The van der Waals surface area contributed by atoms with Gasteiger partial charge in [0.2, 0.25) is 0 Å². The van der Waals surface area contributed by atoms with Gasteiger partial charge in [0, 0.05) is 19.0 Å². The van der Waals surface area contributed by atoms with Gasteiger partial charge in [-0.3, -0.25) is 4.79 Å². The van der Waals surface area contributed by atoms with Gasteiger partial charge in [-0.25, -0.2) is 0 Å². The number of fused-ring (bicyclic) bond motifs is 1. The number of rotatable bonds is 4. The molecule has 4 heteroatoms. The van der Waals surface area contributed by atoms with Gasteiger partial charge >= 0.3 is 5.97 Å². The lowest BCUT2D eigenvalue weighted by Gasteiger charge is -2.30. The standard InChI is InChI=1S/C17H23NO3/c1-2-17(16(19)20)8-9-18(12-17)11-13-7-10-21-15-6-4-3-5-14(13)15/h3-6,13H,2,7-12H2,1H3,(H,19,20). The number of benzene rings is 1. The van der Waals surface area contributed by atoms with Crippen LogP contribution in [0.15, 0.2) is 24.3 Å². The number of para-hydroxylation sites is 1. The first-order valence-corrected chi connectivity index (χ1v) is 7.82. The molecule has 114 valence electrons. The number of hydrogen-bond donors (Lipinski definition) is 1. The summed E-state index contributed by atoms with van der Waals surface area (Å²) in [6.07, 6.45) is 2.49. The summed E-state index contributed by atoms with van der Waals surface area (Å²) in [5.74, 6) is 0.809. The van der Waals surface area contributed by atoms with Gasteiger partial charge in [0.25, 0.3) is 0 Å². The minimum atomic E-state index is -0.639. The van der Waals surface area contributed by atoms with Crippen molar-refractivity contribution >= 4 is 5.97 Å².